The molecule has 7 heteroatoms. The number of aromatic nitrogens is 2. The van der Waals surface area contributed by atoms with Gasteiger partial charge >= 0.3 is 0 Å². The number of rotatable bonds is 5. The molecule has 0 spiro atoms. The molecular formula is C19H25ClN6. The lowest BCUT2D eigenvalue weighted by Crippen LogP contribution is -2.53. The number of hydrogen-bond acceptors (Lipinski definition) is 4. The second-order valence-electron chi connectivity index (χ2n) is 6.10. The largest absolute Gasteiger partial charge is 0.357 e. The van der Waals surface area contributed by atoms with E-state index < -0.39 is 0 Å². The third-order valence-corrected chi connectivity index (χ3v) is 4.72. The highest BCUT2D eigenvalue weighted by Gasteiger charge is 2.20. The highest BCUT2D eigenvalue weighted by molar-refractivity contribution is 6.31. The molecule has 1 aromatic carbocycles. The van der Waals surface area contributed by atoms with Gasteiger partial charge in [-0.2, -0.15) is 0 Å². The summed E-state index contributed by atoms with van der Waals surface area (Å²) < 4.78 is 0. The van der Waals surface area contributed by atoms with Gasteiger partial charge in [0.2, 0.25) is 5.95 Å². The summed E-state index contributed by atoms with van der Waals surface area (Å²) in [5.41, 5.74) is 1.14. The molecule has 0 amide bonds. The van der Waals surface area contributed by atoms with Crippen LogP contribution in [0.1, 0.15) is 12.5 Å². The van der Waals surface area contributed by atoms with E-state index in [0.717, 1.165) is 61.6 Å². The van der Waals surface area contributed by atoms with Gasteiger partial charge in [-0.25, -0.2) is 9.97 Å². The summed E-state index contributed by atoms with van der Waals surface area (Å²) in [5, 5.41) is 4.21. The Bertz CT molecular complexity index is 713. The highest BCUT2D eigenvalue weighted by Crippen LogP contribution is 2.15. The van der Waals surface area contributed by atoms with Gasteiger partial charge in [-0.3, -0.25) is 4.99 Å². The van der Waals surface area contributed by atoms with Crippen LogP contribution in [0.4, 0.5) is 5.95 Å². The summed E-state index contributed by atoms with van der Waals surface area (Å²) in [4.78, 5) is 18.0. The number of hydrogen-bond donors (Lipinski definition) is 1. The van der Waals surface area contributed by atoms with Crippen LogP contribution in [0.15, 0.2) is 47.7 Å². The third-order valence-electron chi connectivity index (χ3n) is 4.35. The maximum Gasteiger partial charge on any atom is 0.225 e. The van der Waals surface area contributed by atoms with E-state index in [1.165, 1.54) is 0 Å². The lowest BCUT2D eigenvalue weighted by Gasteiger charge is -2.36. The number of piperazine rings is 1. The first-order valence-corrected chi connectivity index (χ1v) is 9.44. The predicted octanol–water partition coefficient (Wildman–Crippen LogP) is 2.46. The minimum Gasteiger partial charge on any atom is -0.357 e. The van der Waals surface area contributed by atoms with Gasteiger partial charge in [-0.05, 0) is 31.0 Å². The van der Waals surface area contributed by atoms with E-state index in [0.29, 0.717) is 6.54 Å². The van der Waals surface area contributed by atoms with E-state index in [1.54, 1.807) is 12.4 Å². The van der Waals surface area contributed by atoms with Crippen molar-refractivity contribution >= 4 is 23.5 Å². The van der Waals surface area contributed by atoms with Crippen molar-refractivity contribution in [1.29, 1.82) is 0 Å². The Kier molecular flexibility index (Phi) is 6.66. The Labute approximate surface area is 159 Å². The van der Waals surface area contributed by atoms with Crippen LogP contribution in [0.25, 0.3) is 0 Å². The molecule has 1 aliphatic heterocycles. The molecule has 0 bridgehead atoms. The summed E-state index contributed by atoms with van der Waals surface area (Å²) in [5.74, 6) is 1.76. The van der Waals surface area contributed by atoms with Gasteiger partial charge in [0, 0.05) is 56.7 Å². The molecule has 138 valence electrons. The normalized spacial score (nSPS) is 15.2. The zero-order valence-corrected chi connectivity index (χ0v) is 15.9. The zero-order valence-electron chi connectivity index (χ0n) is 15.1. The van der Waals surface area contributed by atoms with E-state index in [9.17, 15) is 0 Å². The van der Waals surface area contributed by atoms with Crippen molar-refractivity contribution in [3.8, 4) is 0 Å². The van der Waals surface area contributed by atoms with Crippen LogP contribution in [-0.2, 0) is 6.42 Å². The summed E-state index contributed by atoms with van der Waals surface area (Å²) in [7, 11) is 0. The minimum absolute atomic E-state index is 0.716. The van der Waals surface area contributed by atoms with Gasteiger partial charge in [-0.1, -0.05) is 29.8 Å². The average molecular weight is 373 g/mol. The molecular weight excluding hydrogens is 348 g/mol. The fourth-order valence-corrected chi connectivity index (χ4v) is 3.21. The first kappa shape index (κ1) is 18.5. The fourth-order valence-electron chi connectivity index (χ4n) is 2.98. The first-order chi connectivity index (χ1) is 12.8. The number of halogens is 1. The molecule has 2 heterocycles. The molecule has 3 rings (SSSR count). The maximum absolute atomic E-state index is 6.23. The second-order valence-corrected chi connectivity index (χ2v) is 6.51. The van der Waals surface area contributed by atoms with Crippen LogP contribution in [0.5, 0.6) is 0 Å². The van der Waals surface area contributed by atoms with Crippen LogP contribution in [0.3, 0.4) is 0 Å². The quantitative estimate of drug-likeness (QED) is 0.645. The number of benzene rings is 1. The zero-order chi connectivity index (χ0) is 18.2. The van der Waals surface area contributed by atoms with Crippen molar-refractivity contribution in [3.05, 3.63) is 53.3 Å². The Morgan fingerprint density at radius 1 is 1.12 bits per heavy atom. The topological polar surface area (TPSA) is 56.7 Å². The van der Waals surface area contributed by atoms with Crippen molar-refractivity contribution < 1.29 is 0 Å². The van der Waals surface area contributed by atoms with E-state index in [-0.39, 0.29) is 0 Å². The van der Waals surface area contributed by atoms with Gasteiger partial charge in [0.1, 0.15) is 0 Å². The first-order valence-electron chi connectivity index (χ1n) is 9.06. The predicted molar refractivity (Wildman–Crippen MR) is 107 cm³/mol. The lowest BCUT2D eigenvalue weighted by atomic mass is 10.1. The fraction of sp³-hybridized carbons (Fsp3) is 0.421. The van der Waals surface area contributed by atoms with Gasteiger partial charge in [0.15, 0.2) is 5.96 Å². The standard InChI is InChI=1S/C19H25ClN6/c1-2-21-18(24-11-8-16-6-3-4-7-17(16)20)25-12-14-26(15-13-25)19-22-9-5-10-23-19/h3-7,9-10H,2,8,11-15H2,1H3,(H,21,24). The van der Waals surface area contributed by atoms with E-state index in [4.69, 9.17) is 16.6 Å². The summed E-state index contributed by atoms with van der Waals surface area (Å²) >= 11 is 6.23. The molecule has 1 N–H and O–H groups in total. The van der Waals surface area contributed by atoms with Crippen molar-refractivity contribution in [2.45, 2.75) is 13.3 Å². The van der Waals surface area contributed by atoms with Crippen LogP contribution in [0.2, 0.25) is 5.02 Å². The van der Waals surface area contributed by atoms with E-state index in [2.05, 4.69) is 38.1 Å². The molecule has 1 aliphatic rings. The van der Waals surface area contributed by atoms with Gasteiger partial charge in [0.25, 0.3) is 0 Å². The lowest BCUT2D eigenvalue weighted by molar-refractivity contribution is 0.370. The van der Waals surface area contributed by atoms with Crippen LogP contribution in [0, 0.1) is 0 Å². The van der Waals surface area contributed by atoms with Crippen molar-refractivity contribution in [1.82, 2.24) is 20.2 Å². The van der Waals surface area contributed by atoms with Crippen molar-refractivity contribution in [2.24, 2.45) is 4.99 Å². The summed E-state index contributed by atoms with van der Waals surface area (Å²) in [6.07, 6.45) is 4.41. The molecule has 6 nitrogen and oxygen atoms in total. The Hall–Kier alpha value is -2.34. The molecule has 0 unspecified atom stereocenters. The number of nitrogens with zero attached hydrogens (tertiary/aromatic N) is 5. The number of nitrogens with one attached hydrogen (secondary N) is 1. The maximum atomic E-state index is 6.23. The number of guanidine groups is 1. The monoisotopic (exact) mass is 372 g/mol. The SMILES string of the molecule is CCNC(=NCCc1ccccc1Cl)N1CCN(c2ncccn2)CC1. The van der Waals surface area contributed by atoms with Gasteiger partial charge in [0.05, 0.1) is 0 Å². The smallest absolute Gasteiger partial charge is 0.225 e. The molecule has 0 atom stereocenters. The van der Waals surface area contributed by atoms with E-state index >= 15 is 0 Å². The molecule has 1 aromatic heterocycles. The van der Waals surface area contributed by atoms with Gasteiger partial charge < -0.3 is 15.1 Å². The Balaban J connectivity index is 1.57. The molecule has 26 heavy (non-hydrogen) atoms. The number of aliphatic imine (C=N–C) groups is 1. The minimum atomic E-state index is 0.716. The van der Waals surface area contributed by atoms with Crippen LogP contribution < -0.4 is 10.2 Å². The molecule has 0 saturated carbocycles. The van der Waals surface area contributed by atoms with Crippen LogP contribution >= 0.6 is 11.6 Å². The Morgan fingerprint density at radius 2 is 1.85 bits per heavy atom. The second kappa shape index (κ2) is 9.38. The Morgan fingerprint density at radius 3 is 2.54 bits per heavy atom. The molecule has 0 aliphatic carbocycles. The van der Waals surface area contributed by atoms with Crippen molar-refractivity contribution in [3.63, 3.8) is 0 Å². The summed E-state index contributed by atoms with van der Waals surface area (Å²) in [6.45, 7) is 7.24. The molecule has 2 aromatic rings. The van der Waals surface area contributed by atoms with Gasteiger partial charge in [-0.15, -0.1) is 0 Å². The highest BCUT2D eigenvalue weighted by atomic mass is 35.5. The number of anilines is 1. The van der Waals surface area contributed by atoms with Crippen molar-refractivity contribution in [2.75, 3.05) is 44.2 Å². The summed E-state index contributed by atoms with van der Waals surface area (Å²) in [6, 6.07) is 9.80. The third kappa shape index (κ3) is 4.85. The molecule has 1 saturated heterocycles. The van der Waals surface area contributed by atoms with E-state index in [1.807, 2.05) is 24.3 Å². The van der Waals surface area contributed by atoms with Crippen LogP contribution in [-0.4, -0.2) is 60.1 Å². The average Bonchev–Trinajstić information content (AvgIpc) is 2.69. The molecule has 1 fully saturated rings. The molecule has 0 radical (unpaired) electrons.